The van der Waals surface area contributed by atoms with Gasteiger partial charge in [-0.25, -0.2) is 0 Å². The van der Waals surface area contributed by atoms with Crippen LogP contribution < -0.4 is 30.8 Å². The number of hydrogen-bond acceptors (Lipinski definition) is 4. The Balaban J connectivity index is 1.29. The highest BCUT2D eigenvalue weighted by Crippen LogP contribution is 2.54. The second-order valence-electron chi connectivity index (χ2n) is 13.3. The average molecular weight is 564 g/mol. The van der Waals surface area contributed by atoms with E-state index in [4.69, 9.17) is 9.47 Å². The first-order chi connectivity index (χ1) is 20.3. The van der Waals surface area contributed by atoms with Crippen molar-refractivity contribution < 1.29 is 9.47 Å². The van der Waals surface area contributed by atoms with Gasteiger partial charge in [0.1, 0.15) is 23.0 Å². The van der Waals surface area contributed by atoms with Crippen LogP contribution in [0.4, 0.5) is 17.1 Å². The lowest BCUT2D eigenvalue weighted by Crippen LogP contribution is -2.57. The molecule has 0 atom stereocenters. The summed E-state index contributed by atoms with van der Waals surface area (Å²) in [7, 11) is 0. The van der Waals surface area contributed by atoms with Crippen LogP contribution in [0.3, 0.4) is 0 Å². The molecule has 5 heteroatoms. The van der Waals surface area contributed by atoms with Crippen molar-refractivity contribution in [3.05, 3.63) is 108 Å². The molecular formula is C37H30BNO2S. The Kier molecular flexibility index (Phi) is 4.82. The van der Waals surface area contributed by atoms with Crippen LogP contribution in [0.1, 0.15) is 45.2 Å². The summed E-state index contributed by atoms with van der Waals surface area (Å²) in [5.41, 5.74) is 9.97. The Labute approximate surface area is 251 Å². The highest BCUT2D eigenvalue weighted by Gasteiger charge is 2.46. The fourth-order valence-electron chi connectivity index (χ4n) is 8.01. The van der Waals surface area contributed by atoms with Gasteiger partial charge < -0.3 is 14.4 Å². The van der Waals surface area contributed by atoms with E-state index in [1.165, 1.54) is 43.2 Å². The Morgan fingerprint density at radius 1 is 0.619 bits per heavy atom. The van der Waals surface area contributed by atoms with Crippen LogP contribution >= 0.6 is 11.8 Å². The zero-order chi connectivity index (χ0) is 28.4. The van der Waals surface area contributed by atoms with Crippen LogP contribution in [0.2, 0.25) is 0 Å². The first-order valence-electron chi connectivity index (χ1n) is 14.8. The highest BCUT2D eigenvalue weighted by atomic mass is 32.2. The molecule has 0 unspecified atom stereocenters. The van der Waals surface area contributed by atoms with Crippen LogP contribution in [-0.4, -0.2) is 6.71 Å². The van der Waals surface area contributed by atoms with E-state index in [0.29, 0.717) is 0 Å². The van der Waals surface area contributed by atoms with Gasteiger partial charge in [-0.1, -0.05) is 88.0 Å². The molecule has 42 heavy (non-hydrogen) atoms. The molecule has 0 saturated heterocycles. The minimum absolute atomic E-state index is 0.0547. The maximum atomic E-state index is 6.92. The van der Waals surface area contributed by atoms with Crippen molar-refractivity contribution in [1.82, 2.24) is 0 Å². The number of ether oxygens (including phenoxy) is 2. The van der Waals surface area contributed by atoms with E-state index in [-0.39, 0.29) is 17.5 Å². The number of hydrogen-bond donors (Lipinski definition) is 0. The molecule has 5 aromatic rings. The largest absolute Gasteiger partial charge is 0.458 e. The molecule has 4 aliphatic rings. The van der Waals surface area contributed by atoms with Gasteiger partial charge in [0.15, 0.2) is 0 Å². The molecule has 0 radical (unpaired) electrons. The van der Waals surface area contributed by atoms with Gasteiger partial charge in [-0.15, -0.1) is 0 Å². The second-order valence-corrected chi connectivity index (χ2v) is 14.4. The third-order valence-corrected chi connectivity index (χ3v) is 10.7. The molecule has 3 nitrogen and oxygen atoms in total. The van der Waals surface area contributed by atoms with Crippen LogP contribution in [-0.2, 0) is 10.8 Å². The quantitative estimate of drug-likeness (QED) is 0.187. The first-order valence-corrected chi connectivity index (χ1v) is 15.6. The molecule has 3 aliphatic heterocycles. The molecule has 5 aromatic carbocycles. The Morgan fingerprint density at radius 2 is 1.19 bits per heavy atom. The number of anilines is 3. The van der Waals surface area contributed by atoms with Crippen molar-refractivity contribution in [2.75, 3.05) is 4.90 Å². The monoisotopic (exact) mass is 563 g/mol. The highest BCUT2D eigenvalue weighted by molar-refractivity contribution is 7.99. The van der Waals surface area contributed by atoms with E-state index in [1.54, 1.807) is 0 Å². The molecule has 0 spiro atoms. The van der Waals surface area contributed by atoms with Gasteiger partial charge in [-0.05, 0) is 75.7 Å². The summed E-state index contributed by atoms with van der Waals surface area (Å²) in [4.78, 5) is 4.82. The number of nitrogens with zero attached hydrogens (tertiary/aromatic N) is 1. The van der Waals surface area contributed by atoms with E-state index in [9.17, 15) is 0 Å². The van der Waals surface area contributed by atoms with Crippen molar-refractivity contribution in [2.24, 2.45) is 0 Å². The van der Waals surface area contributed by atoms with E-state index < -0.39 is 0 Å². The topological polar surface area (TPSA) is 21.7 Å². The van der Waals surface area contributed by atoms with Crippen molar-refractivity contribution in [3.8, 4) is 23.0 Å². The lowest BCUT2D eigenvalue weighted by Gasteiger charge is -2.37. The molecule has 0 saturated carbocycles. The molecular weight excluding hydrogens is 533 g/mol. The van der Waals surface area contributed by atoms with Crippen molar-refractivity contribution in [1.29, 1.82) is 0 Å². The van der Waals surface area contributed by atoms with Gasteiger partial charge in [-0.2, -0.15) is 0 Å². The smallest absolute Gasteiger partial charge is 0.260 e. The van der Waals surface area contributed by atoms with Gasteiger partial charge in [0, 0.05) is 27.4 Å². The van der Waals surface area contributed by atoms with Crippen LogP contribution in [0.25, 0.3) is 0 Å². The lowest BCUT2D eigenvalue weighted by molar-refractivity contribution is 0.402. The summed E-state index contributed by atoms with van der Waals surface area (Å²) >= 11 is 1.82. The van der Waals surface area contributed by atoms with Crippen molar-refractivity contribution in [2.45, 2.75) is 54.7 Å². The van der Waals surface area contributed by atoms with Gasteiger partial charge >= 0.3 is 0 Å². The Morgan fingerprint density at radius 3 is 1.88 bits per heavy atom. The maximum absolute atomic E-state index is 6.92. The van der Waals surface area contributed by atoms with Crippen molar-refractivity contribution >= 4 is 51.9 Å². The number of fused-ring (bicyclic) bond motifs is 7. The summed E-state index contributed by atoms with van der Waals surface area (Å²) in [5.74, 6) is 3.62. The van der Waals surface area contributed by atoms with E-state index in [0.717, 1.165) is 40.6 Å². The Hall–Kier alpha value is -4.09. The predicted molar refractivity (Wildman–Crippen MR) is 174 cm³/mol. The number of benzene rings is 5. The van der Waals surface area contributed by atoms with Crippen LogP contribution in [0.15, 0.2) is 107 Å². The standard InChI is InChI=1S/C37H30BNO2S/c1-36(2)21-37(3,4)24-20-30-26(19-23(24)36)38-25-11-5-8-14-29(25)40-31-17-22(18-32(41-30)35(31)38)39-27-12-6-9-15-33(27)42-34-16-10-7-13-28(34)39/h5-20H,21H2,1-4H3. The second kappa shape index (κ2) is 8.26. The fraction of sp³-hybridized carbons (Fsp3) is 0.189. The third-order valence-electron chi connectivity index (χ3n) is 9.54. The first kappa shape index (κ1) is 24.5. The summed E-state index contributed by atoms with van der Waals surface area (Å²) in [6, 6.07) is 35.0. The molecule has 9 rings (SSSR count). The third kappa shape index (κ3) is 3.32. The molecule has 0 amide bonds. The molecule has 3 heterocycles. The minimum atomic E-state index is 0.0547. The molecule has 0 N–H and O–H groups in total. The van der Waals surface area contributed by atoms with Crippen molar-refractivity contribution in [3.63, 3.8) is 0 Å². The average Bonchev–Trinajstić information content (AvgIpc) is 3.16. The fourth-order valence-corrected chi connectivity index (χ4v) is 9.06. The number of rotatable bonds is 1. The summed E-state index contributed by atoms with van der Waals surface area (Å²) < 4.78 is 13.6. The normalized spacial score (nSPS) is 17.5. The van der Waals surface area contributed by atoms with Gasteiger partial charge in [-0.3, -0.25) is 0 Å². The molecule has 0 bridgehead atoms. The van der Waals surface area contributed by atoms with E-state index in [2.05, 4.69) is 130 Å². The molecule has 1 aliphatic carbocycles. The van der Waals surface area contributed by atoms with Gasteiger partial charge in [0.25, 0.3) is 6.71 Å². The SMILES string of the molecule is CC1(C)CC(C)(C)c2cc3c(cc21)Oc1cc(N2c4ccccc4Sc4ccccc42)cc2c1B3c1ccccc1O2. The van der Waals surface area contributed by atoms with Gasteiger partial charge in [0.05, 0.1) is 17.1 Å². The minimum Gasteiger partial charge on any atom is -0.458 e. The van der Waals surface area contributed by atoms with E-state index >= 15 is 0 Å². The van der Waals surface area contributed by atoms with Crippen LogP contribution in [0, 0.1) is 0 Å². The van der Waals surface area contributed by atoms with Crippen LogP contribution in [0.5, 0.6) is 23.0 Å². The zero-order valence-electron chi connectivity index (χ0n) is 24.2. The number of para-hydroxylation sites is 3. The summed E-state index contributed by atoms with van der Waals surface area (Å²) in [6.45, 7) is 9.55. The zero-order valence-corrected chi connectivity index (χ0v) is 25.0. The predicted octanol–water partition coefficient (Wildman–Crippen LogP) is 8.31. The van der Waals surface area contributed by atoms with Gasteiger partial charge in [0.2, 0.25) is 0 Å². The van der Waals surface area contributed by atoms with E-state index in [1.807, 2.05) is 11.8 Å². The molecule has 0 fully saturated rings. The lowest BCUT2D eigenvalue weighted by atomic mass is 9.34. The summed E-state index contributed by atoms with van der Waals surface area (Å²) in [5, 5.41) is 0. The maximum Gasteiger partial charge on any atom is 0.260 e. The molecule has 204 valence electrons. The summed E-state index contributed by atoms with van der Waals surface area (Å²) in [6.07, 6.45) is 1.12. The molecule has 0 aromatic heterocycles. The Bertz CT molecular complexity index is 1930.